The van der Waals surface area contributed by atoms with Crippen LogP contribution in [0.25, 0.3) is 0 Å². The van der Waals surface area contributed by atoms with Crippen LogP contribution in [-0.2, 0) is 4.65 Å². The summed E-state index contributed by atoms with van der Waals surface area (Å²) in [5.41, 5.74) is -0.896. The second kappa shape index (κ2) is 7.23. The number of carbonyl (C=O) groups is 1. The van der Waals surface area contributed by atoms with Crippen molar-refractivity contribution < 1.29 is 19.6 Å². The Kier molecular flexibility index (Phi) is 5.70. The molecule has 24 heavy (non-hydrogen) atoms. The Morgan fingerprint density at radius 1 is 1.17 bits per heavy atom. The lowest BCUT2D eigenvalue weighted by Gasteiger charge is -2.38. The van der Waals surface area contributed by atoms with Gasteiger partial charge in [0.15, 0.2) is 0 Å². The molecular formula is C17H27BN2O4. The van der Waals surface area contributed by atoms with Crippen LogP contribution < -0.4 is 10.8 Å². The first-order valence-corrected chi connectivity index (χ1v) is 8.30. The van der Waals surface area contributed by atoms with E-state index in [1.165, 1.54) is 0 Å². The molecule has 1 amide bonds. The predicted molar refractivity (Wildman–Crippen MR) is 94.3 cm³/mol. The number of hydrogen-bond donors (Lipinski definition) is 3. The molecule has 0 bridgehead atoms. The van der Waals surface area contributed by atoms with Crippen LogP contribution in [0, 0.1) is 0 Å². The van der Waals surface area contributed by atoms with Crippen LogP contribution in [0.1, 0.15) is 38.1 Å². The summed E-state index contributed by atoms with van der Waals surface area (Å²) >= 11 is 0. The van der Waals surface area contributed by atoms with E-state index in [4.69, 9.17) is 4.65 Å². The molecule has 7 heteroatoms. The van der Waals surface area contributed by atoms with Crippen LogP contribution >= 0.6 is 0 Å². The summed E-state index contributed by atoms with van der Waals surface area (Å²) < 4.78 is 5.61. The first-order chi connectivity index (χ1) is 11.1. The van der Waals surface area contributed by atoms with Crippen molar-refractivity contribution in [2.45, 2.75) is 38.9 Å². The molecule has 1 saturated heterocycles. The van der Waals surface area contributed by atoms with Crippen LogP contribution in [0.4, 0.5) is 0 Å². The highest BCUT2D eigenvalue weighted by molar-refractivity contribution is 6.60. The van der Waals surface area contributed by atoms with E-state index in [0.29, 0.717) is 24.1 Å². The molecule has 2 rings (SSSR count). The van der Waals surface area contributed by atoms with E-state index in [1.807, 2.05) is 4.90 Å². The summed E-state index contributed by atoms with van der Waals surface area (Å²) in [7, 11) is -1.17. The molecule has 6 nitrogen and oxygen atoms in total. The second-order valence-corrected chi connectivity index (χ2v) is 7.20. The molecular weight excluding hydrogens is 307 g/mol. The standard InChI is InChI=1S/C17H27BN2O4/c1-16(2,22)17(3,4)24-18(23)14-7-5-13(6-8-14)15(21)20-11-9-19-10-12-20/h5-8,19,22-23H,9-12H2,1-4H3. The van der Waals surface area contributed by atoms with Gasteiger partial charge < -0.3 is 25.0 Å². The van der Waals surface area contributed by atoms with E-state index in [0.717, 1.165) is 13.1 Å². The van der Waals surface area contributed by atoms with E-state index in [1.54, 1.807) is 52.0 Å². The summed E-state index contributed by atoms with van der Waals surface area (Å²) in [5, 5.41) is 23.6. The number of piperazine rings is 1. The fourth-order valence-electron chi connectivity index (χ4n) is 2.33. The lowest BCUT2D eigenvalue weighted by molar-refractivity contribution is -0.0982. The molecule has 1 aliphatic heterocycles. The zero-order valence-electron chi connectivity index (χ0n) is 14.9. The van der Waals surface area contributed by atoms with Crippen molar-refractivity contribution in [1.29, 1.82) is 0 Å². The predicted octanol–water partition coefficient (Wildman–Crippen LogP) is -0.0144. The third-order valence-corrected chi connectivity index (χ3v) is 4.73. The molecule has 3 N–H and O–H groups in total. The maximum atomic E-state index is 12.4. The van der Waals surface area contributed by atoms with E-state index < -0.39 is 18.3 Å². The largest absolute Gasteiger partial charge is 0.491 e. The van der Waals surface area contributed by atoms with Gasteiger partial charge in [0.2, 0.25) is 0 Å². The molecule has 0 spiro atoms. The normalized spacial score (nSPS) is 16.2. The van der Waals surface area contributed by atoms with Crippen LogP contribution in [-0.4, -0.2) is 65.4 Å². The van der Waals surface area contributed by atoms with E-state index in [2.05, 4.69) is 5.32 Å². The number of carbonyl (C=O) groups excluding carboxylic acids is 1. The van der Waals surface area contributed by atoms with Gasteiger partial charge in [-0.15, -0.1) is 0 Å². The van der Waals surface area contributed by atoms with Crippen LogP contribution in [0.5, 0.6) is 0 Å². The van der Waals surface area contributed by atoms with Gasteiger partial charge in [-0.05, 0) is 45.3 Å². The highest BCUT2D eigenvalue weighted by Crippen LogP contribution is 2.25. The highest BCUT2D eigenvalue weighted by atomic mass is 16.5. The van der Waals surface area contributed by atoms with Crippen LogP contribution in [0.15, 0.2) is 24.3 Å². The van der Waals surface area contributed by atoms with Crippen molar-refractivity contribution in [3.63, 3.8) is 0 Å². The maximum absolute atomic E-state index is 12.4. The Morgan fingerprint density at radius 3 is 2.21 bits per heavy atom. The van der Waals surface area contributed by atoms with Crippen molar-refractivity contribution >= 4 is 18.5 Å². The van der Waals surface area contributed by atoms with Crippen molar-refractivity contribution in [3.05, 3.63) is 29.8 Å². The highest BCUT2D eigenvalue weighted by Gasteiger charge is 2.39. The molecule has 1 heterocycles. The van der Waals surface area contributed by atoms with Gasteiger partial charge in [-0.25, -0.2) is 0 Å². The quantitative estimate of drug-likeness (QED) is 0.660. The SMILES string of the molecule is CC(C)(O)C(C)(C)OB(O)c1ccc(C(=O)N2CCNCC2)cc1. The van der Waals surface area contributed by atoms with Gasteiger partial charge in [-0.2, -0.15) is 0 Å². The summed E-state index contributed by atoms with van der Waals surface area (Å²) in [6.07, 6.45) is 0. The van der Waals surface area contributed by atoms with Gasteiger partial charge in [0, 0.05) is 31.7 Å². The Morgan fingerprint density at radius 2 is 1.71 bits per heavy atom. The number of nitrogens with zero attached hydrogens (tertiary/aromatic N) is 1. The maximum Gasteiger partial charge on any atom is 0.491 e. The second-order valence-electron chi connectivity index (χ2n) is 7.20. The molecule has 1 fully saturated rings. The number of amides is 1. The third kappa shape index (κ3) is 4.36. The molecule has 0 saturated carbocycles. The number of hydrogen-bond acceptors (Lipinski definition) is 5. The van der Waals surface area contributed by atoms with Gasteiger partial charge in [0.1, 0.15) is 0 Å². The molecule has 132 valence electrons. The van der Waals surface area contributed by atoms with Crippen molar-refractivity contribution in [3.8, 4) is 0 Å². The van der Waals surface area contributed by atoms with Crippen molar-refractivity contribution in [1.82, 2.24) is 10.2 Å². The first kappa shape index (κ1) is 18.9. The number of nitrogens with one attached hydrogen (secondary N) is 1. The lowest BCUT2D eigenvalue weighted by atomic mass is 9.76. The zero-order valence-corrected chi connectivity index (χ0v) is 14.9. The molecule has 1 aliphatic rings. The molecule has 0 aliphatic carbocycles. The van der Waals surface area contributed by atoms with Gasteiger partial charge in [0.05, 0.1) is 11.2 Å². The Balaban J connectivity index is 2.04. The monoisotopic (exact) mass is 334 g/mol. The lowest BCUT2D eigenvalue weighted by Crippen LogP contribution is -2.53. The minimum atomic E-state index is -1.17. The topological polar surface area (TPSA) is 82.0 Å². The third-order valence-electron chi connectivity index (χ3n) is 4.73. The minimum Gasteiger partial charge on any atom is -0.423 e. The average Bonchev–Trinajstić information content (AvgIpc) is 2.53. The first-order valence-electron chi connectivity index (χ1n) is 8.30. The molecule has 0 aromatic heterocycles. The van der Waals surface area contributed by atoms with Crippen molar-refractivity contribution in [2.24, 2.45) is 0 Å². The Bertz CT molecular complexity index is 563. The minimum absolute atomic E-state index is 0.00437. The van der Waals surface area contributed by atoms with Crippen LogP contribution in [0.2, 0.25) is 0 Å². The smallest absolute Gasteiger partial charge is 0.423 e. The molecule has 1 aromatic carbocycles. The average molecular weight is 334 g/mol. The Hall–Kier alpha value is -1.41. The number of rotatable bonds is 5. The summed E-state index contributed by atoms with van der Waals surface area (Å²) in [5.74, 6) is -0.00437. The zero-order chi connectivity index (χ0) is 18.0. The number of benzene rings is 1. The van der Waals surface area contributed by atoms with Gasteiger partial charge in [-0.3, -0.25) is 4.79 Å². The fourth-order valence-corrected chi connectivity index (χ4v) is 2.33. The molecule has 1 aromatic rings. The molecule has 0 unspecified atom stereocenters. The van der Waals surface area contributed by atoms with Crippen LogP contribution in [0.3, 0.4) is 0 Å². The number of aliphatic hydroxyl groups is 1. The molecule has 0 atom stereocenters. The Labute approximate surface area is 144 Å². The van der Waals surface area contributed by atoms with Crippen molar-refractivity contribution in [2.75, 3.05) is 26.2 Å². The van der Waals surface area contributed by atoms with E-state index >= 15 is 0 Å². The van der Waals surface area contributed by atoms with Gasteiger partial charge in [0.25, 0.3) is 5.91 Å². The fraction of sp³-hybridized carbons (Fsp3) is 0.588. The van der Waals surface area contributed by atoms with Gasteiger partial charge in [-0.1, -0.05) is 12.1 Å². The van der Waals surface area contributed by atoms with E-state index in [9.17, 15) is 14.9 Å². The van der Waals surface area contributed by atoms with E-state index in [-0.39, 0.29) is 5.91 Å². The van der Waals surface area contributed by atoms with Gasteiger partial charge >= 0.3 is 7.12 Å². The summed E-state index contributed by atoms with van der Waals surface area (Å²) in [6, 6.07) is 6.76. The summed E-state index contributed by atoms with van der Waals surface area (Å²) in [4.78, 5) is 14.2. The molecule has 0 radical (unpaired) electrons. The summed E-state index contributed by atoms with van der Waals surface area (Å²) in [6.45, 7) is 9.73.